The van der Waals surface area contributed by atoms with Gasteiger partial charge in [0.25, 0.3) is 0 Å². The van der Waals surface area contributed by atoms with Crippen molar-refractivity contribution in [3.05, 3.63) is 65.2 Å². The number of nitrogens with one attached hydrogen (secondary N) is 1. The van der Waals surface area contributed by atoms with Crippen molar-refractivity contribution in [1.29, 1.82) is 0 Å². The van der Waals surface area contributed by atoms with Crippen molar-refractivity contribution >= 4 is 17.8 Å². The molecule has 0 spiro atoms. The van der Waals surface area contributed by atoms with Gasteiger partial charge >= 0.3 is 6.03 Å². The number of hydrogen-bond acceptors (Lipinski definition) is 2. The molecule has 1 heterocycles. The zero-order valence-corrected chi connectivity index (χ0v) is 15.1. The summed E-state index contributed by atoms with van der Waals surface area (Å²) in [5.74, 6) is 0.329. The third-order valence-corrected chi connectivity index (χ3v) is 5.95. The van der Waals surface area contributed by atoms with Crippen LogP contribution in [0.15, 0.2) is 47.4 Å². The van der Waals surface area contributed by atoms with Crippen molar-refractivity contribution < 1.29 is 13.6 Å². The number of hydrogen-bond donors (Lipinski definition) is 1. The highest BCUT2D eigenvalue weighted by molar-refractivity contribution is 7.99. The molecule has 0 saturated heterocycles. The Morgan fingerprint density at radius 2 is 1.81 bits per heavy atom. The molecule has 1 atom stereocenters. The molecule has 1 saturated carbocycles. The number of halogens is 2. The molecular formula is C20H20F2N2OS. The summed E-state index contributed by atoms with van der Waals surface area (Å²) in [6.07, 6.45) is 2.75. The molecule has 2 aliphatic rings. The van der Waals surface area contributed by atoms with E-state index in [0.717, 1.165) is 41.0 Å². The largest absolute Gasteiger partial charge is 0.331 e. The van der Waals surface area contributed by atoms with Gasteiger partial charge in [-0.15, -0.1) is 11.8 Å². The number of fused-ring (bicyclic) bond motifs is 1. The number of carbonyl (C=O) groups is 1. The summed E-state index contributed by atoms with van der Waals surface area (Å²) in [6.45, 7) is 0.453. The third kappa shape index (κ3) is 3.85. The van der Waals surface area contributed by atoms with E-state index in [2.05, 4.69) is 5.32 Å². The highest BCUT2D eigenvalue weighted by Crippen LogP contribution is 2.37. The Bertz CT molecular complexity index is 808. The number of benzene rings is 2. The molecule has 2 amide bonds. The Hall–Kier alpha value is -2.08. The van der Waals surface area contributed by atoms with Gasteiger partial charge in [-0.25, -0.2) is 13.6 Å². The van der Waals surface area contributed by atoms with E-state index in [9.17, 15) is 13.6 Å². The number of carbonyl (C=O) groups excluding carboxylic acids is 1. The van der Waals surface area contributed by atoms with Crippen LogP contribution in [0.25, 0.3) is 0 Å². The van der Waals surface area contributed by atoms with E-state index in [0.29, 0.717) is 6.54 Å². The van der Waals surface area contributed by atoms with Crippen molar-refractivity contribution in [1.82, 2.24) is 10.2 Å². The van der Waals surface area contributed by atoms with E-state index >= 15 is 0 Å². The SMILES string of the molecule is O=C(NC1CCSc2ccc(F)cc21)N(Cc1ccc(F)cc1)C1CC1. The minimum Gasteiger partial charge on any atom is -0.331 e. The van der Waals surface area contributed by atoms with Crippen molar-refractivity contribution in [2.24, 2.45) is 0 Å². The first-order valence-corrected chi connectivity index (χ1v) is 9.82. The minimum absolute atomic E-state index is 0.135. The molecule has 0 radical (unpaired) electrons. The normalized spacial score (nSPS) is 18.9. The molecule has 0 aromatic heterocycles. The van der Waals surface area contributed by atoms with Crippen molar-refractivity contribution in [2.45, 2.75) is 42.8 Å². The summed E-state index contributed by atoms with van der Waals surface area (Å²) in [4.78, 5) is 15.7. The highest BCUT2D eigenvalue weighted by atomic mass is 32.2. The second kappa shape index (κ2) is 7.27. The quantitative estimate of drug-likeness (QED) is 0.828. The summed E-state index contributed by atoms with van der Waals surface area (Å²) >= 11 is 1.69. The van der Waals surface area contributed by atoms with Crippen LogP contribution in [-0.2, 0) is 6.54 Å². The van der Waals surface area contributed by atoms with Gasteiger partial charge < -0.3 is 10.2 Å². The minimum atomic E-state index is -0.283. The lowest BCUT2D eigenvalue weighted by atomic mass is 10.0. The Morgan fingerprint density at radius 1 is 1.08 bits per heavy atom. The van der Waals surface area contributed by atoms with Crippen molar-refractivity contribution in [3.8, 4) is 0 Å². The Kier molecular flexibility index (Phi) is 4.85. The van der Waals surface area contributed by atoms with Gasteiger partial charge in [0.15, 0.2) is 0 Å². The van der Waals surface area contributed by atoms with Gasteiger partial charge in [-0.3, -0.25) is 0 Å². The first-order valence-electron chi connectivity index (χ1n) is 8.84. The van der Waals surface area contributed by atoms with Crippen LogP contribution in [0.4, 0.5) is 13.6 Å². The highest BCUT2D eigenvalue weighted by Gasteiger charge is 2.34. The molecule has 2 aromatic rings. The molecule has 136 valence electrons. The van der Waals surface area contributed by atoms with E-state index in [1.807, 2.05) is 4.90 Å². The maximum absolute atomic E-state index is 13.7. The van der Waals surface area contributed by atoms with E-state index < -0.39 is 0 Å². The number of urea groups is 1. The molecule has 3 nitrogen and oxygen atoms in total. The molecule has 1 unspecified atom stereocenters. The van der Waals surface area contributed by atoms with Crippen LogP contribution in [0.3, 0.4) is 0 Å². The smallest absolute Gasteiger partial charge is 0.318 e. The molecule has 1 N–H and O–H groups in total. The van der Waals surface area contributed by atoms with E-state index in [1.165, 1.54) is 24.3 Å². The zero-order valence-electron chi connectivity index (χ0n) is 14.3. The molecule has 2 aromatic carbocycles. The summed E-state index contributed by atoms with van der Waals surface area (Å²) in [7, 11) is 0. The fraction of sp³-hybridized carbons (Fsp3) is 0.350. The lowest BCUT2D eigenvalue weighted by molar-refractivity contribution is 0.187. The molecule has 0 bridgehead atoms. The van der Waals surface area contributed by atoms with Gasteiger partial charge in [-0.1, -0.05) is 12.1 Å². The second-order valence-electron chi connectivity index (χ2n) is 6.81. The fourth-order valence-corrected chi connectivity index (χ4v) is 4.39. The monoisotopic (exact) mass is 374 g/mol. The molecule has 26 heavy (non-hydrogen) atoms. The molecular weight excluding hydrogens is 354 g/mol. The lowest BCUT2D eigenvalue weighted by Crippen LogP contribution is -2.43. The van der Waals surface area contributed by atoms with Gasteiger partial charge in [0, 0.05) is 23.2 Å². The molecule has 6 heteroatoms. The zero-order chi connectivity index (χ0) is 18.1. The van der Waals surface area contributed by atoms with E-state index in [-0.39, 0.29) is 29.7 Å². The van der Waals surface area contributed by atoms with Crippen LogP contribution < -0.4 is 5.32 Å². The standard InChI is InChI=1S/C20H20F2N2OS/c21-14-3-1-13(2-4-14)12-24(16-6-7-16)20(25)23-18-9-10-26-19-8-5-15(22)11-17(18)19/h1-5,8,11,16,18H,6-7,9-10,12H2,(H,23,25). The number of thioether (sulfide) groups is 1. The van der Waals surface area contributed by atoms with Crippen LogP contribution in [0, 0.1) is 11.6 Å². The van der Waals surface area contributed by atoms with Gasteiger partial charge in [-0.05, 0) is 60.7 Å². The van der Waals surface area contributed by atoms with Gasteiger partial charge in [0.05, 0.1) is 6.04 Å². The molecule has 1 aliphatic heterocycles. The maximum atomic E-state index is 13.7. The average Bonchev–Trinajstić information content (AvgIpc) is 3.46. The number of rotatable bonds is 4. The Labute approximate surface area is 155 Å². The third-order valence-electron chi connectivity index (χ3n) is 4.82. The van der Waals surface area contributed by atoms with E-state index in [1.54, 1.807) is 30.0 Å². The summed E-state index contributed by atoms with van der Waals surface area (Å²) in [5, 5.41) is 3.09. The van der Waals surface area contributed by atoms with Gasteiger partial charge in [0.1, 0.15) is 11.6 Å². The average molecular weight is 374 g/mol. The molecule has 1 aliphatic carbocycles. The summed E-state index contributed by atoms with van der Waals surface area (Å²) in [5.41, 5.74) is 1.76. The topological polar surface area (TPSA) is 32.3 Å². The van der Waals surface area contributed by atoms with Crippen LogP contribution in [0.2, 0.25) is 0 Å². The van der Waals surface area contributed by atoms with Gasteiger partial charge in [-0.2, -0.15) is 0 Å². The summed E-state index contributed by atoms with van der Waals surface area (Å²) < 4.78 is 26.8. The molecule has 4 rings (SSSR count). The summed E-state index contributed by atoms with van der Waals surface area (Å²) in [6, 6.07) is 10.9. The van der Waals surface area contributed by atoms with Crippen molar-refractivity contribution in [2.75, 3.05) is 5.75 Å². The van der Waals surface area contributed by atoms with Crippen LogP contribution in [0.5, 0.6) is 0 Å². The van der Waals surface area contributed by atoms with Crippen molar-refractivity contribution in [3.63, 3.8) is 0 Å². The fourth-order valence-electron chi connectivity index (χ4n) is 3.29. The predicted octanol–water partition coefficient (Wildman–Crippen LogP) is 4.88. The Balaban J connectivity index is 1.49. The maximum Gasteiger partial charge on any atom is 0.318 e. The lowest BCUT2D eigenvalue weighted by Gasteiger charge is -2.30. The second-order valence-corrected chi connectivity index (χ2v) is 7.94. The Morgan fingerprint density at radius 3 is 2.54 bits per heavy atom. The number of amides is 2. The van der Waals surface area contributed by atoms with Crippen LogP contribution in [0.1, 0.15) is 36.4 Å². The van der Waals surface area contributed by atoms with Crippen LogP contribution in [-0.4, -0.2) is 22.7 Å². The first kappa shape index (κ1) is 17.3. The van der Waals surface area contributed by atoms with Crippen LogP contribution >= 0.6 is 11.8 Å². The number of nitrogens with zero attached hydrogens (tertiary/aromatic N) is 1. The predicted molar refractivity (Wildman–Crippen MR) is 98.0 cm³/mol. The van der Waals surface area contributed by atoms with Gasteiger partial charge in [0.2, 0.25) is 0 Å². The first-order chi connectivity index (χ1) is 12.6. The van der Waals surface area contributed by atoms with E-state index in [4.69, 9.17) is 0 Å². The molecule has 1 fully saturated rings.